The first-order chi connectivity index (χ1) is 9.70. The molecule has 0 aliphatic carbocycles. The first kappa shape index (κ1) is 13.7. The maximum atomic E-state index is 4.79. The average Bonchev–Trinajstić information content (AvgIpc) is 3.02. The second-order valence-corrected chi connectivity index (χ2v) is 6.84. The normalized spacial score (nSPS) is 12.9. The van der Waals surface area contributed by atoms with Gasteiger partial charge in [-0.2, -0.15) is 0 Å². The minimum Gasteiger partial charge on any atom is -0.310 e. The Morgan fingerprint density at radius 1 is 1.30 bits per heavy atom. The number of thiazole rings is 1. The van der Waals surface area contributed by atoms with Crippen molar-refractivity contribution < 1.29 is 0 Å². The molecule has 0 saturated carbocycles. The van der Waals surface area contributed by atoms with E-state index in [0.29, 0.717) is 6.04 Å². The van der Waals surface area contributed by atoms with E-state index in [-0.39, 0.29) is 0 Å². The summed E-state index contributed by atoms with van der Waals surface area (Å²) in [6.45, 7) is 7.44. The van der Waals surface area contributed by atoms with Crippen molar-refractivity contribution in [2.45, 2.75) is 26.8 Å². The third kappa shape index (κ3) is 2.39. The van der Waals surface area contributed by atoms with E-state index in [2.05, 4.69) is 55.7 Å². The molecular formula is C16H18N2S2. The Kier molecular flexibility index (Phi) is 3.87. The fourth-order valence-electron chi connectivity index (χ4n) is 2.47. The smallest absolute Gasteiger partial charge is 0.125 e. The van der Waals surface area contributed by atoms with Crippen LogP contribution in [-0.2, 0) is 0 Å². The van der Waals surface area contributed by atoms with Gasteiger partial charge in [0.25, 0.3) is 0 Å². The molecule has 20 heavy (non-hydrogen) atoms. The SMILES string of the molecule is CCNC(C)c1sc(-c2csc3ccccc23)nc1C. The van der Waals surface area contributed by atoms with Crippen molar-refractivity contribution >= 4 is 32.8 Å². The van der Waals surface area contributed by atoms with Crippen molar-refractivity contribution in [3.05, 3.63) is 40.2 Å². The predicted molar refractivity (Wildman–Crippen MR) is 89.8 cm³/mol. The molecule has 0 amide bonds. The van der Waals surface area contributed by atoms with Crippen LogP contribution >= 0.6 is 22.7 Å². The minimum absolute atomic E-state index is 0.371. The molecule has 4 heteroatoms. The molecule has 3 rings (SSSR count). The predicted octanol–water partition coefficient (Wildman–Crippen LogP) is 5.00. The molecule has 1 N–H and O–H groups in total. The van der Waals surface area contributed by atoms with Gasteiger partial charge in [-0.3, -0.25) is 0 Å². The van der Waals surface area contributed by atoms with Gasteiger partial charge < -0.3 is 5.32 Å². The van der Waals surface area contributed by atoms with Crippen molar-refractivity contribution in [3.63, 3.8) is 0 Å². The lowest BCUT2D eigenvalue weighted by atomic mass is 10.2. The van der Waals surface area contributed by atoms with Crippen LogP contribution in [0, 0.1) is 6.92 Å². The van der Waals surface area contributed by atoms with Crippen LogP contribution in [0.25, 0.3) is 20.7 Å². The zero-order chi connectivity index (χ0) is 14.1. The number of aromatic nitrogens is 1. The number of hydrogen-bond acceptors (Lipinski definition) is 4. The molecule has 2 nitrogen and oxygen atoms in total. The summed E-state index contributed by atoms with van der Waals surface area (Å²) in [5.41, 5.74) is 2.42. The second-order valence-electron chi connectivity index (χ2n) is 4.89. The van der Waals surface area contributed by atoms with Gasteiger partial charge in [0.1, 0.15) is 5.01 Å². The highest BCUT2D eigenvalue weighted by Crippen LogP contribution is 2.38. The molecular weight excluding hydrogens is 284 g/mol. The topological polar surface area (TPSA) is 24.9 Å². The first-order valence-electron chi connectivity index (χ1n) is 6.88. The van der Waals surface area contributed by atoms with Gasteiger partial charge in [0.2, 0.25) is 0 Å². The fourth-order valence-corrected chi connectivity index (χ4v) is 4.61. The number of thiophene rings is 1. The zero-order valence-electron chi connectivity index (χ0n) is 11.9. The van der Waals surface area contributed by atoms with Crippen LogP contribution in [-0.4, -0.2) is 11.5 Å². The van der Waals surface area contributed by atoms with Crippen LogP contribution in [0.1, 0.15) is 30.5 Å². The Hall–Kier alpha value is -1.23. The maximum Gasteiger partial charge on any atom is 0.125 e. The summed E-state index contributed by atoms with van der Waals surface area (Å²) in [6, 6.07) is 8.92. The molecule has 1 unspecified atom stereocenters. The third-order valence-corrected chi connectivity index (χ3v) is 5.78. The van der Waals surface area contributed by atoms with E-state index in [9.17, 15) is 0 Å². The second kappa shape index (κ2) is 5.64. The molecule has 0 spiro atoms. The van der Waals surface area contributed by atoms with Crippen LogP contribution in [0.5, 0.6) is 0 Å². The van der Waals surface area contributed by atoms with Gasteiger partial charge in [-0.1, -0.05) is 25.1 Å². The third-order valence-electron chi connectivity index (χ3n) is 3.45. The molecule has 2 heterocycles. The minimum atomic E-state index is 0.371. The number of rotatable bonds is 4. The standard InChI is InChI=1S/C16H18N2S2/c1-4-17-10(2)15-11(3)18-16(20-15)13-9-19-14-8-6-5-7-12(13)14/h5-10,17H,4H2,1-3H3. The molecule has 0 aliphatic heterocycles. The summed E-state index contributed by atoms with van der Waals surface area (Å²) in [5, 5.41) is 8.15. The van der Waals surface area contributed by atoms with E-state index in [4.69, 9.17) is 4.98 Å². The molecule has 0 bridgehead atoms. The van der Waals surface area contributed by atoms with E-state index in [0.717, 1.165) is 17.2 Å². The van der Waals surface area contributed by atoms with Crippen LogP contribution in [0.2, 0.25) is 0 Å². The number of aryl methyl sites for hydroxylation is 1. The van der Waals surface area contributed by atoms with Crippen molar-refractivity contribution in [2.24, 2.45) is 0 Å². The van der Waals surface area contributed by atoms with Gasteiger partial charge in [0.15, 0.2) is 0 Å². The van der Waals surface area contributed by atoms with Crippen LogP contribution in [0.3, 0.4) is 0 Å². The molecule has 0 fully saturated rings. The Bertz CT molecular complexity index is 727. The lowest BCUT2D eigenvalue weighted by Gasteiger charge is -2.09. The fraction of sp³-hybridized carbons (Fsp3) is 0.312. The quantitative estimate of drug-likeness (QED) is 0.733. The van der Waals surface area contributed by atoms with Gasteiger partial charge in [-0.15, -0.1) is 22.7 Å². The van der Waals surface area contributed by atoms with Gasteiger partial charge in [0, 0.05) is 31.9 Å². The largest absolute Gasteiger partial charge is 0.310 e. The lowest BCUT2D eigenvalue weighted by molar-refractivity contribution is 0.603. The number of nitrogens with zero attached hydrogens (tertiary/aromatic N) is 1. The highest BCUT2D eigenvalue weighted by molar-refractivity contribution is 7.19. The van der Waals surface area contributed by atoms with Crippen LogP contribution < -0.4 is 5.32 Å². The Morgan fingerprint density at radius 2 is 2.10 bits per heavy atom. The number of fused-ring (bicyclic) bond motifs is 1. The molecule has 0 saturated heterocycles. The summed E-state index contributed by atoms with van der Waals surface area (Å²) >= 11 is 3.61. The molecule has 3 aromatic rings. The van der Waals surface area contributed by atoms with Crippen LogP contribution in [0.15, 0.2) is 29.6 Å². The number of benzene rings is 1. The highest BCUT2D eigenvalue weighted by atomic mass is 32.1. The Labute approximate surface area is 127 Å². The average molecular weight is 302 g/mol. The first-order valence-corrected chi connectivity index (χ1v) is 8.57. The summed E-state index contributed by atoms with van der Waals surface area (Å²) in [5.74, 6) is 0. The van der Waals surface area contributed by atoms with Gasteiger partial charge in [0.05, 0.1) is 5.69 Å². The number of nitrogens with one attached hydrogen (secondary N) is 1. The molecule has 2 aromatic heterocycles. The van der Waals surface area contributed by atoms with Crippen molar-refractivity contribution in [3.8, 4) is 10.6 Å². The highest BCUT2D eigenvalue weighted by Gasteiger charge is 2.16. The lowest BCUT2D eigenvalue weighted by Crippen LogP contribution is -2.17. The molecule has 0 aliphatic rings. The van der Waals surface area contributed by atoms with Gasteiger partial charge in [-0.05, 0) is 26.5 Å². The van der Waals surface area contributed by atoms with E-state index in [1.165, 1.54) is 20.5 Å². The number of hydrogen-bond donors (Lipinski definition) is 1. The summed E-state index contributed by atoms with van der Waals surface area (Å²) in [7, 11) is 0. The van der Waals surface area contributed by atoms with E-state index in [1.54, 1.807) is 11.3 Å². The van der Waals surface area contributed by atoms with E-state index in [1.807, 2.05) is 11.3 Å². The van der Waals surface area contributed by atoms with E-state index < -0.39 is 0 Å². The Morgan fingerprint density at radius 3 is 2.90 bits per heavy atom. The monoisotopic (exact) mass is 302 g/mol. The Balaban J connectivity index is 2.05. The maximum absolute atomic E-state index is 4.79. The molecule has 104 valence electrons. The van der Waals surface area contributed by atoms with E-state index >= 15 is 0 Å². The van der Waals surface area contributed by atoms with Crippen molar-refractivity contribution in [1.29, 1.82) is 0 Å². The summed E-state index contributed by atoms with van der Waals surface area (Å²) < 4.78 is 1.33. The van der Waals surface area contributed by atoms with Gasteiger partial charge >= 0.3 is 0 Å². The summed E-state index contributed by atoms with van der Waals surface area (Å²) in [6.07, 6.45) is 0. The summed E-state index contributed by atoms with van der Waals surface area (Å²) in [4.78, 5) is 6.14. The van der Waals surface area contributed by atoms with Crippen molar-refractivity contribution in [2.75, 3.05) is 6.54 Å². The molecule has 1 atom stereocenters. The van der Waals surface area contributed by atoms with Crippen molar-refractivity contribution in [1.82, 2.24) is 10.3 Å². The van der Waals surface area contributed by atoms with Gasteiger partial charge in [-0.25, -0.2) is 4.98 Å². The molecule has 1 aromatic carbocycles. The van der Waals surface area contributed by atoms with Crippen LogP contribution in [0.4, 0.5) is 0 Å². The zero-order valence-corrected chi connectivity index (χ0v) is 13.6. The molecule has 0 radical (unpaired) electrons.